The number of para-hydroxylation sites is 1. The van der Waals surface area contributed by atoms with Gasteiger partial charge in [0.05, 0.1) is 10.9 Å². The molecule has 128 valence electrons. The van der Waals surface area contributed by atoms with Crippen LogP contribution < -0.4 is 10.2 Å². The van der Waals surface area contributed by atoms with Crippen LogP contribution in [-0.4, -0.2) is 29.0 Å². The molecule has 1 aromatic carbocycles. The van der Waals surface area contributed by atoms with Gasteiger partial charge in [0.2, 0.25) is 5.71 Å². The largest absolute Gasteiger partial charge is 0.442 e. The molecule has 4 rings (SSSR count). The van der Waals surface area contributed by atoms with E-state index in [-0.39, 0.29) is 5.91 Å². The summed E-state index contributed by atoms with van der Waals surface area (Å²) in [5.41, 5.74) is 1.73. The van der Waals surface area contributed by atoms with Crippen molar-refractivity contribution in [2.45, 2.75) is 26.2 Å². The van der Waals surface area contributed by atoms with Crippen LogP contribution in [-0.2, 0) is 0 Å². The average molecular weight is 336 g/mol. The molecule has 0 spiro atoms. The third-order valence-electron chi connectivity index (χ3n) is 4.56. The number of hydrogen-bond acceptors (Lipinski definition) is 5. The van der Waals surface area contributed by atoms with Gasteiger partial charge in [-0.25, -0.2) is 9.97 Å². The minimum Gasteiger partial charge on any atom is -0.442 e. The summed E-state index contributed by atoms with van der Waals surface area (Å²) in [7, 11) is 0. The summed E-state index contributed by atoms with van der Waals surface area (Å²) in [6.45, 7) is 3.67. The van der Waals surface area contributed by atoms with Crippen LogP contribution in [0.25, 0.3) is 11.1 Å². The quantitative estimate of drug-likeness (QED) is 0.788. The molecule has 0 unspecified atom stereocenters. The van der Waals surface area contributed by atoms with Crippen LogP contribution in [0.5, 0.6) is 0 Å². The van der Waals surface area contributed by atoms with Crippen molar-refractivity contribution in [2.24, 2.45) is 0 Å². The maximum absolute atomic E-state index is 12.9. The first-order valence-electron chi connectivity index (χ1n) is 8.59. The van der Waals surface area contributed by atoms with Crippen molar-refractivity contribution in [2.75, 3.05) is 23.3 Å². The van der Waals surface area contributed by atoms with Gasteiger partial charge in [0, 0.05) is 18.8 Å². The molecule has 1 amide bonds. The van der Waals surface area contributed by atoms with E-state index in [1.807, 2.05) is 30.3 Å². The molecule has 0 radical (unpaired) electrons. The molecular formula is C19H20N4O2. The molecule has 2 aromatic heterocycles. The Bertz CT molecular complexity index is 898. The number of nitrogens with zero attached hydrogens (tertiary/aromatic N) is 3. The Labute approximate surface area is 145 Å². The molecule has 1 N–H and O–H groups in total. The maximum Gasteiger partial charge on any atom is 0.260 e. The second-order valence-electron chi connectivity index (χ2n) is 6.28. The first kappa shape index (κ1) is 15.6. The summed E-state index contributed by atoms with van der Waals surface area (Å²) in [6.07, 6.45) is 5.01. The monoisotopic (exact) mass is 336 g/mol. The topological polar surface area (TPSA) is 71.3 Å². The van der Waals surface area contributed by atoms with Crippen molar-refractivity contribution < 1.29 is 9.21 Å². The summed E-state index contributed by atoms with van der Waals surface area (Å²) < 4.78 is 5.75. The number of hydrogen-bond donors (Lipinski definition) is 1. The Hall–Kier alpha value is -2.89. The van der Waals surface area contributed by atoms with E-state index < -0.39 is 0 Å². The fourth-order valence-corrected chi connectivity index (χ4v) is 3.36. The summed E-state index contributed by atoms with van der Waals surface area (Å²) in [5, 5.41) is 3.64. The lowest BCUT2D eigenvalue weighted by Crippen LogP contribution is -2.30. The number of rotatable bonds is 3. The van der Waals surface area contributed by atoms with E-state index in [2.05, 4.69) is 20.2 Å². The van der Waals surface area contributed by atoms with Crippen molar-refractivity contribution in [3.05, 3.63) is 48.0 Å². The highest BCUT2D eigenvalue weighted by Crippen LogP contribution is 2.32. The zero-order valence-electron chi connectivity index (χ0n) is 14.2. The molecule has 25 heavy (non-hydrogen) atoms. The molecule has 1 aliphatic heterocycles. The lowest BCUT2D eigenvalue weighted by Gasteiger charge is -2.28. The number of fused-ring (bicyclic) bond motifs is 1. The SMILES string of the molecule is Cc1oc2ncnc(N3CCCCC3)c2c1C(=O)Nc1ccccc1. The van der Waals surface area contributed by atoms with Gasteiger partial charge in [-0.15, -0.1) is 0 Å². The highest BCUT2D eigenvalue weighted by molar-refractivity contribution is 6.15. The normalized spacial score (nSPS) is 14.7. The predicted octanol–water partition coefficient (Wildman–Crippen LogP) is 3.77. The number of carbonyl (C=O) groups is 1. The first-order valence-corrected chi connectivity index (χ1v) is 8.59. The molecule has 3 aromatic rings. The van der Waals surface area contributed by atoms with Crippen LogP contribution in [0.2, 0.25) is 0 Å². The Morgan fingerprint density at radius 3 is 2.64 bits per heavy atom. The Kier molecular flexibility index (Phi) is 4.09. The zero-order valence-corrected chi connectivity index (χ0v) is 14.2. The van der Waals surface area contributed by atoms with E-state index in [0.29, 0.717) is 22.4 Å². The van der Waals surface area contributed by atoms with Crippen molar-refractivity contribution in [1.29, 1.82) is 0 Å². The second kappa shape index (κ2) is 6.55. The van der Waals surface area contributed by atoms with E-state index in [0.717, 1.165) is 37.4 Å². The number of carbonyl (C=O) groups excluding carboxylic acids is 1. The minimum atomic E-state index is -0.199. The molecular weight excluding hydrogens is 316 g/mol. The van der Waals surface area contributed by atoms with Gasteiger partial charge in [-0.3, -0.25) is 4.79 Å². The minimum absolute atomic E-state index is 0.199. The van der Waals surface area contributed by atoms with E-state index in [4.69, 9.17) is 4.42 Å². The molecule has 0 bridgehead atoms. The Balaban J connectivity index is 1.77. The van der Waals surface area contributed by atoms with Crippen LogP contribution in [0, 0.1) is 6.92 Å². The third-order valence-corrected chi connectivity index (χ3v) is 4.56. The highest BCUT2D eigenvalue weighted by atomic mass is 16.3. The fourth-order valence-electron chi connectivity index (χ4n) is 3.36. The van der Waals surface area contributed by atoms with E-state index in [9.17, 15) is 4.79 Å². The van der Waals surface area contributed by atoms with Gasteiger partial charge in [0.1, 0.15) is 17.9 Å². The maximum atomic E-state index is 12.9. The Morgan fingerprint density at radius 2 is 1.88 bits per heavy atom. The van der Waals surface area contributed by atoms with Crippen LogP contribution in [0.4, 0.5) is 11.5 Å². The lowest BCUT2D eigenvalue weighted by atomic mass is 10.1. The summed E-state index contributed by atoms with van der Waals surface area (Å²) in [4.78, 5) is 23.8. The van der Waals surface area contributed by atoms with Gasteiger partial charge in [-0.05, 0) is 38.3 Å². The van der Waals surface area contributed by atoms with Crippen molar-refractivity contribution in [3.63, 3.8) is 0 Å². The number of amides is 1. The number of nitrogens with one attached hydrogen (secondary N) is 1. The summed E-state index contributed by atoms with van der Waals surface area (Å²) in [5.74, 6) is 1.15. The smallest absolute Gasteiger partial charge is 0.260 e. The average Bonchev–Trinajstić information content (AvgIpc) is 2.99. The molecule has 0 aliphatic carbocycles. The number of piperidine rings is 1. The van der Waals surface area contributed by atoms with Crippen molar-refractivity contribution in [3.8, 4) is 0 Å². The van der Waals surface area contributed by atoms with Gasteiger partial charge in [-0.1, -0.05) is 18.2 Å². The standard InChI is InChI=1S/C19H20N4O2/c1-13-15(18(24)22-14-8-4-2-5-9-14)16-17(20-12-21-19(16)25-13)23-10-6-3-7-11-23/h2,4-5,8-9,12H,3,6-7,10-11H2,1H3,(H,22,24). The lowest BCUT2D eigenvalue weighted by molar-refractivity contribution is 0.102. The van der Waals surface area contributed by atoms with Gasteiger partial charge in [0.15, 0.2) is 0 Å². The molecule has 6 nitrogen and oxygen atoms in total. The molecule has 1 aliphatic rings. The number of aromatic nitrogens is 2. The number of benzene rings is 1. The van der Waals surface area contributed by atoms with E-state index >= 15 is 0 Å². The molecule has 6 heteroatoms. The fraction of sp³-hybridized carbons (Fsp3) is 0.316. The third kappa shape index (κ3) is 2.95. The van der Waals surface area contributed by atoms with Gasteiger partial charge in [-0.2, -0.15) is 0 Å². The first-order chi connectivity index (χ1) is 12.2. The van der Waals surface area contributed by atoms with Crippen LogP contribution in [0.3, 0.4) is 0 Å². The summed E-state index contributed by atoms with van der Waals surface area (Å²) >= 11 is 0. The second-order valence-corrected chi connectivity index (χ2v) is 6.28. The van der Waals surface area contributed by atoms with E-state index in [1.54, 1.807) is 6.92 Å². The molecule has 1 saturated heterocycles. The van der Waals surface area contributed by atoms with Crippen LogP contribution in [0.15, 0.2) is 41.1 Å². The molecule has 3 heterocycles. The number of aryl methyl sites for hydroxylation is 1. The van der Waals surface area contributed by atoms with Crippen molar-refractivity contribution >= 4 is 28.5 Å². The zero-order chi connectivity index (χ0) is 17.2. The van der Waals surface area contributed by atoms with Gasteiger partial charge >= 0.3 is 0 Å². The number of furan rings is 1. The summed E-state index contributed by atoms with van der Waals surface area (Å²) in [6, 6.07) is 9.40. The van der Waals surface area contributed by atoms with Gasteiger partial charge in [0.25, 0.3) is 5.91 Å². The molecule has 0 saturated carbocycles. The van der Waals surface area contributed by atoms with Crippen LogP contribution >= 0.6 is 0 Å². The van der Waals surface area contributed by atoms with Crippen molar-refractivity contribution in [1.82, 2.24) is 9.97 Å². The molecule has 1 fully saturated rings. The molecule has 0 atom stereocenters. The Morgan fingerprint density at radius 1 is 1.12 bits per heavy atom. The highest BCUT2D eigenvalue weighted by Gasteiger charge is 2.25. The predicted molar refractivity (Wildman–Crippen MR) is 97.0 cm³/mol. The number of anilines is 2. The van der Waals surface area contributed by atoms with E-state index in [1.165, 1.54) is 12.7 Å². The van der Waals surface area contributed by atoms with Crippen LogP contribution in [0.1, 0.15) is 35.4 Å². The van der Waals surface area contributed by atoms with Gasteiger partial charge < -0.3 is 14.6 Å².